The van der Waals surface area contributed by atoms with Crippen LogP contribution in [0.2, 0.25) is 0 Å². The molecule has 0 amide bonds. The van der Waals surface area contributed by atoms with E-state index in [0.29, 0.717) is 6.54 Å². The number of benzene rings is 1. The Morgan fingerprint density at radius 1 is 1.38 bits per heavy atom. The van der Waals surface area contributed by atoms with E-state index in [1.165, 1.54) is 22.9 Å². The summed E-state index contributed by atoms with van der Waals surface area (Å²) in [6, 6.07) is 5.74. The van der Waals surface area contributed by atoms with Crippen molar-refractivity contribution < 1.29 is 22.7 Å². The van der Waals surface area contributed by atoms with Crippen LogP contribution in [-0.2, 0) is 12.7 Å². The first-order valence-electron chi connectivity index (χ1n) is 6.04. The van der Waals surface area contributed by atoms with Gasteiger partial charge in [-0.3, -0.25) is 4.68 Å². The van der Waals surface area contributed by atoms with Crippen LogP contribution in [0, 0.1) is 0 Å². The van der Waals surface area contributed by atoms with Crippen molar-refractivity contribution in [3.8, 4) is 5.75 Å². The molecule has 112 valence electrons. The Labute approximate surface area is 118 Å². The number of esters is 1. The van der Waals surface area contributed by atoms with E-state index in [2.05, 4.69) is 5.10 Å². The van der Waals surface area contributed by atoms with Crippen molar-refractivity contribution in [2.45, 2.75) is 19.6 Å². The van der Waals surface area contributed by atoms with Crippen LogP contribution in [0.5, 0.6) is 5.75 Å². The maximum absolute atomic E-state index is 12.8. The Balaban J connectivity index is 2.32. The summed E-state index contributed by atoms with van der Waals surface area (Å²) < 4.78 is 44.6. The highest BCUT2D eigenvalue weighted by Gasteiger charge is 2.35. The smallest absolute Gasteiger partial charge is 0.419 e. The van der Waals surface area contributed by atoms with Crippen molar-refractivity contribution in [2.24, 2.45) is 0 Å². The predicted molar refractivity (Wildman–Crippen MR) is 68.7 cm³/mol. The van der Waals surface area contributed by atoms with E-state index < -0.39 is 23.5 Å². The number of nitrogen functional groups attached to an aromatic ring is 1. The lowest BCUT2D eigenvalue weighted by atomic mass is 10.2. The van der Waals surface area contributed by atoms with Gasteiger partial charge in [-0.15, -0.1) is 0 Å². The molecule has 0 saturated carbocycles. The van der Waals surface area contributed by atoms with Gasteiger partial charge in [-0.1, -0.05) is 12.1 Å². The molecule has 0 spiro atoms. The molecule has 0 saturated heterocycles. The van der Waals surface area contributed by atoms with Crippen LogP contribution < -0.4 is 10.5 Å². The molecule has 1 aromatic carbocycles. The molecule has 2 rings (SSSR count). The minimum absolute atomic E-state index is 0.00743. The number of hydrogen-bond donors (Lipinski definition) is 1. The van der Waals surface area contributed by atoms with Crippen molar-refractivity contribution in [1.82, 2.24) is 9.78 Å². The summed E-state index contributed by atoms with van der Waals surface area (Å²) in [4.78, 5) is 12.0. The number of nitrogens with two attached hydrogens (primary N) is 1. The van der Waals surface area contributed by atoms with Crippen LogP contribution >= 0.6 is 0 Å². The lowest BCUT2D eigenvalue weighted by molar-refractivity contribution is -0.138. The molecule has 21 heavy (non-hydrogen) atoms. The number of nitrogens with zero attached hydrogens (tertiary/aromatic N) is 2. The highest BCUT2D eigenvalue weighted by atomic mass is 19.4. The number of carbonyl (C=O) groups excluding carboxylic acids is 1. The Kier molecular flexibility index (Phi) is 3.88. The number of para-hydroxylation sites is 1. The van der Waals surface area contributed by atoms with Gasteiger partial charge in [0.05, 0.1) is 5.56 Å². The first-order valence-corrected chi connectivity index (χ1v) is 6.04. The molecule has 0 radical (unpaired) electrons. The maximum atomic E-state index is 12.8. The van der Waals surface area contributed by atoms with Crippen molar-refractivity contribution in [3.05, 3.63) is 41.6 Å². The van der Waals surface area contributed by atoms with Crippen LogP contribution in [0.15, 0.2) is 30.3 Å². The van der Waals surface area contributed by atoms with Crippen molar-refractivity contribution in [1.29, 1.82) is 0 Å². The lowest BCUT2D eigenvalue weighted by Crippen LogP contribution is -2.17. The lowest BCUT2D eigenvalue weighted by Gasteiger charge is -2.12. The number of carbonyl (C=O) groups is 1. The Hall–Kier alpha value is -2.51. The molecule has 0 unspecified atom stereocenters. The van der Waals surface area contributed by atoms with Crippen molar-refractivity contribution >= 4 is 11.8 Å². The first kappa shape index (κ1) is 14.9. The van der Waals surface area contributed by atoms with E-state index >= 15 is 0 Å². The van der Waals surface area contributed by atoms with Crippen LogP contribution in [0.3, 0.4) is 0 Å². The summed E-state index contributed by atoms with van der Waals surface area (Å²) in [5, 5.41) is 3.83. The van der Waals surface area contributed by atoms with E-state index in [9.17, 15) is 18.0 Å². The first-order chi connectivity index (χ1) is 9.82. The van der Waals surface area contributed by atoms with Gasteiger partial charge in [-0.25, -0.2) is 4.79 Å². The molecule has 0 aliphatic carbocycles. The van der Waals surface area contributed by atoms with Crippen LogP contribution in [0.25, 0.3) is 0 Å². The van der Waals surface area contributed by atoms with Gasteiger partial charge in [-0.2, -0.15) is 18.3 Å². The largest absolute Gasteiger partial charge is 0.421 e. The third-order valence-corrected chi connectivity index (χ3v) is 2.70. The summed E-state index contributed by atoms with van der Waals surface area (Å²) in [6.45, 7) is 2.05. The minimum Gasteiger partial charge on any atom is -0.421 e. The molecule has 1 aromatic heterocycles. The van der Waals surface area contributed by atoms with Crippen LogP contribution in [0.1, 0.15) is 23.0 Å². The predicted octanol–water partition coefficient (Wildman–Crippen LogP) is 2.72. The molecular weight excluding hydrogens is 287 g/mol. The SMILES string of the molecule is CCn1nc(N)cc1C(=O)Oc1ccccc1C(F)(F)F. The molecule has 2 aromatic rings. The number of anilines is 1. The molecule has 5 nitrogen and oxygen atoms in total. The number of alkyl halides is 3. The number of rotatable bonds is 3. The summed E-state index contributed by atoms with van der Waals surface area (Å²) in [6.07, 6.45) is -4.61. The monoisotopic (exact) mass is 299 g/mol. The molecule has 0 bridgehead atoms. The van der Waals surface area contributed by atoms with Gasteiger partial charge >= 0.3 is 12.1 Å². The van der Waals surface area contributed by atoms with Gasteiger partial charge in [0.15, 0.2) is 0 Å². The van der Waals surface area contributed by atoms with Gasteiger partial charge in [0.25, 0.3) is 0 Å². The third kappa shape index (κ3) is 3.15. The number of aromatic nitrogens is 2. The second-order valence-corrected chi connectivity index (χ2v) is 4.15. The van der Waals surface area contributed by atoms with E-state index in [1.807, 2.05) is 0 Å². The summed E-state index contributed by atoms with van der Waals surface area (Å²) in [7, 11) is 0. The fourth-order valence-corrected chi connectivity index (χ4v) is 1.78. The van der Waals surface area contributed by atoms with Crippen molar-refractivity contribution in [2.75, 3.05) is 5.73 Å². The molecule has 0 aliphatic rings. The molecule has 8 heteroatoms. The van der Waals surface area contributed by atoms with Gasteiger partial charge in [0.2, 0.25) is 0 Å². The van der Waals surface area contributed by atoms with Crippen LogP contribution in [0.4, 0.5) is 19.0 Å². The fourth-order valence-electron chi connectivity index (χ4n) is 1.78. The third-order valence-electron chi connectivity index (χ3n) is 2.70. The maximum Gasteiger partial charge on any atom is 0.419 e. The topological polar surface area (TPSA) is 70.1 Å². The number of aryl methyl sites for hydroxylation is 1. The van der Waals surface area contributed by atoms with Gasteiger partial charge in [0.1, 0.15) is 17.3 Å². The summed E-state index contributed by atoms with van der Waals surface area (Å²) in [5.41, 5.74) is 4.44. The van der Waals surface area contributed by atoms with E-state index in [1.54, 1.807) is 6.92 Å². The fraction of sp³-hybridized carbons (Fsp3) is 0.231. The second kappa shape index (κ2) is 5.47. The van der Waals surface area contributed by atoms with Gasteiger partial charge in [-0.05, 0) is 19.1 Å². The molecule has 0 atom stereocenters. The zero-order valence-corrected chi connectivity index (χ0v) is 11.0. The average molecular weight is 299 g/mol. The van der Waals surface area contributed by atoms with Gasteiger partial charge < -0.3 is 10.5 Å². The van der Waals surface area contributed by atoms with E-state index in [-0.39, 0.29) is 11.5 Å². The number of halogens is 3. The van der Waals surface area contributed by atoms with Crippen LogP contribution in [-0.4, -0.2) is 15.7 Å². The molecular formula is C13H12F3N3O2. The zero-order chi connectivity index (χ0) is 15.6. The summed E-state index contributed by atoms with van der Waals surface area (Å²) in [5.74, 6) is -1.41. The van der Waals surface area contributed by atoms with E-state index in [0.717, 1.165) is 12.1 Å². The summed E-state index contributed by atoms with van der Waals surface area (Å²) >= 11 is 0. The highest BCUT2D eigenvalue weighted by molar-refractivity contribution is 5.90. The average Bonchev–Trinajstić information content (AvgIpc) is 2.79. The van der Waals surface area contributed by atoms with E-state index in [4.69, 9.17) is 10.5 Å². The standard InChI is InChI=1S/C13H12F3N3O2/c1-2-19-9(7-11(17)18-19)12(20)21-10-6-4-3-5-8(10)13(14,15)16/h3-7H,2H2,1H3,(H2,17,18). The van der Waals surface area contributed by atoms with Crippen molar-refractivity contribution in [3.63, 3.8) is 0 Å². The molecule has 2 N–H and O–H groups in total. The minimum atomic E-state index is -4.61. The molecule has 0 fully saturated rings. The van der Waals surface area contributed by atoms with Gasteiger partial charge in [0, 0.05) is 12.6 Å². The second-order valence-electron chi connectivity index (χ2n) is 4.15. The Morgan fingerprint density at radius 3 is 2.67 bits per heavy atom. The normalized spacial score (nSPS) is 11.4. The zero-order valence-electron chi connectivity index (χ0n) is 11.0. The Morgan fingerprint density at radius 2 is 2.05 bits per heavy atom. The molecule has 0 aliphatic heterocycles. The Bertz CT molecular complexity index is 665. The molecule has 1 heterocycles. The quantitative estimate of drug-likeness (QED) is 0.699. The number of ether oxygens (including phenoxy) is 1. The highest BCUT2D eigenvalue weighted by Crippen LogP contribution is 2.36. The number of hydrogen-bond acceptors (Lipinski definition) is 4.